The van der Waals surface area contributed by atoms with Crippen LogP contribution in [-0.4, -0.2) is 26.3 Å². The number of anilines is 1. The van der Waals surface area contributed by atoms with Crippen LogP contribution in [0.3, 0.4) is 0 Å². The van der Waals surface area contributed by atoms with Crippen LogP contribution in [0.4, 0.5) is 14.5 Å². The quantitative estimate of drug-likeness (QED) is 0.658. The van der Waals surface area contributed by atoms with E-state index in [1.807, 2.05) is 0 Å². The van der Waals surface area contributed by atoms with Crippen molar-refractivity contribution in [3.8, 4) is 11.4 Å². The number of nitrogens with zero attached hydrogens (tertiary/aromatic N) is 2. The Morgan fingerprint density at radius 2 is 1.96 bits per heavy atom. The lowest BCUT2D eigenvalue weighted by molar-refractivity contribution is -0.115. The summed E-state index contributed by atoms with van der Waals surface area (Å²) in [6.07, 6.45) is 0. The summed E-state index contributed by atoms with van der Waals surface area (Å²) >= 11 is 1.12. The molecule has 0 aliphatic carbocycles. The minimum absolute atomic E-state index is 0.291. The first-order valence-corrected chi connectivity index (χ1v) is 8.73. The number of amides is 1. The molecule has 8 heteroatoms. The number of benzene rings is 2. The molecule has 0 bridgehead atoms. The Morgan fingerprint density at radius 1 is 1.19 bits per heavy atom. The van der Waals surface area contributed by atoms with Gasteiger partial charge in [-0.3, -0.25) is 9.89 Å². The van der Waals surface area contributed by atoms with Crippen molar-refractivity contribution in [1.82, 2.24) is 15.2 Å². The highest BCUT2D eigenvalue weighted by Crippen LogP contribution is 2.25. The van der Waals surface area contributed by atoms with Gasteiger partial charge in [-0.1, -0.05) is 30.0 Å². The second-order valence-electron chi connectivity index (χ2n) is 5.66. The lowest BCUT2D eigenvalue weighted by Crippen LogP contribution is -2.22. The van der Waals surface area contributed by atoms with E-state index in [-0.39, 0.29) is 11.7 Å². The Morgan fingerprint density at radius 3 is 2.69 bits per heavy atom. The Balaban J connectivity index is 1.66. The van der Waals surface area contributed by atoms with Crippen LogP contribution >= 0.6 is 11.8 Å². The van der Waals surface area contributed by atoms with Gasteiger partial charge in [0.25, 0.3) is 0 Å². The molecule has 26 heavy (non-hydrogen) atoms. The highest BCUT2D eigenvalue weighted by atomic mass is 32.2. The van der Waals surface area contributed by atoms with Crippen LogP contribution in [0.1, 0.15) is 12.5 Å². The zero-order chi connectivity index (χ0) is 18.7. The normalized spacial score (nSPS) is 12.0. The molecule has 1 amide bonds. The van der Waals surface area contributed by atoms with Crippen LogP contribution < -0.4 is 5.32 Å². The fourth-order valence-corrected chi connectivity index (χ4v) is 2.92. The molecule has 5 nitrogen and oxygen atoms in total. The largest absolute Gasteiger partial charge is 0.325 e. The van der Waals surface area contributed by atoms with Crippen molar-refractivity contribution in [2.75, 3.05) is 5.32 Å². The molecule has 3 aromatic rings. The van der Waals surface area contributed by atoms with E-state index < -0.39 is 11.1 Å². The van der Waals surface area contributed by atoms with E-state index in [2.05, 4.69) is 20.5 Å². The van der Waals surface area contributed by atoms with Crippen molar-refractivity contribution in [2.45, 2.75) is 24.3 Å². The average Bonchev–Trinajstić information content (AvgIpc) is 3.06. The fourth-order valence-electron chi connectivity index (χ4n) is 2.20. The number of carbonyl (C=O) groups is 1. The Hall–Kier alpha value is -2.74. The molecule has 134 valence electrons. The van der Waals surface area contributed by atoms with Crippen molar-refractivity contribution in [3.63, 3.8) is 0 Å². The number of halogens is 2. The van der Waals surface area contributed by atoms with Gasteiger partial charge in [0.05, 0.1) is 10.8 Å². The standard InChI is InChI=1S/C18H16F2N4OS/c1-10-7-8-12(9-15(10)20)21-17(25)11(2)26-18-22-16(23-24-18)13-5-3-4-6-14(13)19/h3-9,11H,1-2H3,(H,21,25)(H,22,23,24). The summed E-state index contributed by atoms with van der Waals surface area (Å²) in [6, 6.07) is 10.7. The summed E-state index contributed by atoms with van der Waals surface area (Å²) in [7, 11) is 0. The van der Waals surface area contributed by atoms with E-state index in [1.165, 1.54) is 12.1 Å². The number of carbonyl (C=O) groups excluding carboxylic acids is 1. The van der Waals surface area contributed by atoms with E-state index in [9.17, 15) is 13.6 Å². The third-order valence-corrected chi connectivity index (χ3v) is 4.65. The van der Waals surface area contributed by atoms with Gasteiger partial charge in [-0.2, -0.15) is 0 Å². The molecule has 0 spiro atoms. The molecule has 2 aromatic carbocycles. The number of hydrogen-bond acceptors (Lipinski definition) is 4. The van der Waals surface area contributed by atoms with E-state index in [1.54, 1.807) is 44.2 Å². The Kier molecular flexibility index (Phi) is 5.32. The summed E-state index contributed by atoms with van der Waals surface area (Å²) in [4.78, 5) is 16.5. The molecule has 0 fully saturated rings. The van der Waals surface area contributed by atoms with Crippen LogP contribution in [0.15, 0.2) is 47.6 Å². The second kappa shape index (κ2) is 7.65. The maximum Gasteiger partial charge on any atom is 0.237 e. The van der Waals surface area contributed by atoms with E-state index in [0.29, 0.717) is 27.8 Å². The fraction of sp³-hybridized carbons (Fsp3) is 0.167. The van der Waals surface area contributed by atoms with Crippen LogP contribution in [-0.2, 0) is 4.79 Å². The van der Waals surface area contributed by atoms with E-state index in [0.717, 1.165) is 11.8 Å². The van der Waals surface area contributed by atoms with Crippen molar-refractivity contribution in [2.24, 2.45) is 0 Å². The van der Waals surface area contributed by atoms with Gasteiger partial charge in [-0.15, -0.1) is 5.10 Å². The van der Waals surface area contributed by atoms with Crippen LogP contribution in [0, 0.1) is 18.6 Å². The minimum Gasteiger partial charge on any atom is -0.325 e. The minimum atomic E-state index is -0.524. The zero-order valence-corrected chi connectivity index (χ0v) is 14.9. The lowest BCUT2D eigenvalue weighted by atomic mass is 10.2. The summed E-state index contributed by atoms with van der Waals surface area (Å²) in [6.45, 7) is 3.33. The van der Waals surface area contributed by atoms with Crippen LogP contribution in [0.25, 0.3) is 11.4 Å². The number of H-pyrrole nitrogens is 1. The first-order valence-electron chi connectivity index (χ1n) is 7.85. The average molecular weight is 374 g/mol. The van der Waals surface area contributed by atoms with Crippen LogP contribution in [0.5, 0.6) is 0 Å². The monoisotopic (exact) mass is 374 g/mol. The number of rotatable bonds is 5. The lowest BCUT2D eigenvalue weighted by Gasteiger charge is -2.10. The summed E-state index contributed by atoms with van der Waals surface area (Å²) in [5.74, 6) is -0.812. The number of aryl methyl sites for hydroxylation is 1. The van der Waals surface area contributed by atoms with Crippen molar-refractivity contribution in [3.05, 3.63) is 59.7 Å². The van der Waals surface area contributed by atoms with Gasteiger partial charge in [0.1, 0.15) is 11.6 Å². The first-order chi connectivity index (χ1) is 12.4. The van der Waals surface area contributed by atoms with Crippen molar-refractivity contribution < 1.29 is 13.6 Å². The summed E-state index contributed by atoms with van der Waals surface area (Å²) in [5.41, 5.74) is 1.19. The van der Waals surface area contributed by atoms with Gasteiger partial charge >= 0.3 is 0 Å². The van der Waals surface area contributed by atoms with Gasteiger partial charge in [0.2, 0.25) is 11.1 Å². The third-order valence-electron chi connectivity index (χ3n) is 3.68. The number of aromatic amines is 1. The summed E-state index contributed by atoms with van der Waals surface area (Å²) in [5, 5.41) is 9.12. The molecule has 1 unspecified atom stereocenters. The number of nitrogens with one attached hydrogen (secondary N) is 2. The van der Waals surface area contributed by atoms with E-state index >= 15 is 0 Å². The third kappa shape index (κ3) is 4.08. The van der Waals surface area contributed by atoms with Gasteiger partial charge in [0.15, 0.2) is 5.82 Å². The molecule has 3 rings (SSSR count). The molecule has 0 saturated heterocycles. The molecule has 0 radical (unpaired) electrons. The first kappa shape index (κ1) is 18.1. The topological polar surface area (TPSA) is 70.7 Å². The van der Waals surface area contributed by atoms with Gasteiger partial charge < -0.3 is 5.32 Å². The SMILES string of the molecule is Cc1ccc(NC(=O)C(C)Sc2n[nH]c(-c3ccccc3F)n2)cc1F. The number of hydrogen-bond donors (Lipinski definition) is 2. The molecule has 0 saturated carbocycles. The molecular formula is C18H16F2N4OS. The molecule has 2 N–H and O–H groups in total. The Bertz CT molecular complexity index is 944. The van der Waals surface area contributed by atoms with Gasteiger partial charge in [-0.25, -0.2) is 13.8 Å². The Labute approximate surface area is 153 Å². The number of aromatic nitrogens is 3. The maximum absolute atomic E-state index is 13.8. The van der Waals surface area contributed by atoms with Crippen molar-refractivity contribution in [1.29, 1.82) is 0 Å². The molecule has 1 heterocycles. The van der Waals surface area contributed by atoms with Crippen LogP contribution in [0.2, 0.25) is 0 Å². The second-order valence-corrected chi connectivity index (χ2v) is 6.97. The maximum atomic E-state index is 13.8. The molecule has 1 atom stereocenters. The molecular weight excluding hydrogens is 358 g/mol. The molecule has 0 aliphatic heterocycles. The van der Waals surface area contributed by atoms with Gasteiger partial charge in [-0.05, 0) is 43.7 Å². The summed E-state index contributed by atoms with van der Waals surface area (Å²) < 4.78 is 27.4. The van der Waals surface area contributed by atoms with Crippen molar-refractivity contribution >= 4 is 23.4 Å². The predicted molar refractivity (Wildman–Crippen MR) is 96.9 cm³/mol. The molecule has 1 aromatic heterocycles. The smallest absolute Gasteiger partial charge is 0.237 e. The van der Waals surface area contributed by atoms with E-state index in [4.69, 9.17) is 0 Å². The highest BCUT2D eigenvalue weighted by Gasteiger charge is 2.18. The molecule has 0 aliphatic rings. The highest BCUT2D eigenvalue weighted by molar-refractivity contribution is 8.00. The van der Waals surface area contributed by atoms with Gasteiger partial charge in [0, 0.05) is 5.69 Å². The predicted octanol–water partition coefficient (Wildman–Crippen LogP) is 4.18. The zero-order valence-electron chi connectivity index (χ0n) is 14.1. The number of thioether (sulfide) groups is 1.